The molecule has 3 N–H and O–H groups in total. The third-order valence-corrected chi connectivity index (χ3v) is 6.27. The molecular formula is C27H34N2O5. The van der Waals surface area contributed by atoms with Gasteiger partial charge in [0.05, 0.1) is 6.42 Å². The van der Waals surface area contributed by atoms with Gasteiger partial charge in [0.25, 0.3) is 0 Å². The van der Waals surface area contributed by atoms with Crippen molar-refractivity contribution >= 4 is 18.0 Å². The summed E-state index contributed by atoms with van der Waals surface area (Å²) in [6.07, 6.45) is 0.223. The van der Waals surface area contributed by atoms with E-state index in [9.17, 15) is 19.5 Å². The van der Waals surface area contributed by atoms with E-state index in [0.29, 0.717) is 12.8 Å². The van der Waals surface area contributed by atoms with Gasteiger partial charge in [-0.25, -0.2) is 4.79 Å². The van der Waals surface area contributed by atoms with E-state index in [0.717, 1.165) is 22.3 Å². The number of nitrogens with one attached hydrogen (secondary N) is 2. The molecule has 1 aliphatic rings. The molecule has 0 heterocycles. The van der Waals surface area contributed by atoms with E-state index in [-0.39, 0.29) is 18.9 Å². The van der Waals surface area contributed by atoms with Crippen LogP contribution in [0, 0.1) is 5.41 Å². The summed E-state index contributed by atoms with van der Waals surface area (Å²) in [6.45, 7) is 7.68. The summed E-state index contributed by atoms with van der Waals surface area (Å²) in [5.41, 5.74) is 4.06. The minimum absolute atomic E-state index is 0.0718. The highest BCUT2D eigenvalue weighted by molar-refractivity contribution is 5.86. The van der Waals surface area contributed by atoms with Crippen LogP contribution in [0.1, 0.15) is 64.0 Å². The van der Waals surface area contributed by atoms with E-state index in [4.69, 9.17) is 4.74 Å². The molecule has 2 aromatic rings. The third kappa shape index (κ3) is 5.95. The summed E-state index contributed by atoms with van der Waals surface area (Å²) in [5, 5.41) is 14.7. The summed E-state index contributed by atoms with van der Waals surface area (Å²) in [7, 11) is 0. The summed E-state index contributed by atoms with van der Waals surface area (Å²) >= 11 is 0. The van der Waals surface area contributed by atoms with E-state index >= 15 is 0 Å². The molecule has 0 bridgehead atoms. The normalized spacial score (nSPS) is 14.5. The minimum Gasteiger partial charge on any atom is -0.481 e. The molecule has 0 saturated heterocycles. The smallest absolute Gasteiger partial charge is 0.407 e. The standard InChI is InChI=1S/C27H34N2O5/c1-5-10-22(25(32)29-23(15-24(30)31)27(2,3)4)28-26(33)34-16-21-19-13-8-6-11-17(19)18-12-7-9-14-20(18)21/h6-9,11-14,21-23H,5,10,15-16H2,1-4H3,(H,28,33)(H,29,32)(H,30,31)/t22-,23?/m1/s1. The van der Waals surface area contributed by atoms with Crippen LogP contribution in [-0.4, -0.2) is 41.8 Å². The van der Waals surface area contributed by atoms with Crippen LogP contribution >= 0.6 is 0 Å². The van der Waals surface area contributed by atoms with E-state index in [1.807, 2.05) is 64.1 Å². The summed E-state index contributed by atoms with van der Waals surface area (Å²) < 4.78 is 5.58. The van der Waals surface area contributed by atoms with Crippen LogP contribution in [0.25, 0.3) is 11.1 Å². The first-order chi connectivity index (χ1) is 16.1. The van der Waals surface area contributed by atoms with Crippen LogP contribution in [0.5, 0.6) is 0 Å². The van der Waals surface area contributed by atoms with Gasteiger partial charge >= 0.3 is 12.1 Å². The molecule has 0 spiro atoms. The second kappa shape index (κ2) is 10.7. The van der Waals surface area contributed by atoms with E-state index in [1.165, 1.54) is 0 Å². The lowest BCUT2D eigenvalue weighted by molar-refractivity contribution is -0.138. The number of amides is 2. The van der Waals surface area contributed by atoms with Crippen molar-refractivity contribution in [3.63, 3.8) is 0 Å². The molecule has 0 aromatic heterocycles. The first kappa shape index (κ1) is 25.3. The van der Waals surface area contributed by atoms with Gasteiger partial charge in [-0.1, -0.05) is 82.6 Å². The van der Waals surface area contributed by atoms with Crippen molar-refractivity contribution in [1.29, 1.82) is 0 Å². The number of carbonyl (C=O) groups is 3. The molecule has 0 saturated carbocycles. The lowest BCUT2D eigenvalue weighted by Crippen LogP contribution is -2.53. The Hall–Kier alpha value is -3.35. The number of ether oxygens (including phenoxy) is 1. The topological polar surface area (TPSA) is 105 Å². The molecule has 2 amide bonds. The van der Waals surface area contributed by atoms with Crippen molar-refractivity contribution in [2.75, 3.05) is 6.61 Å². The van der Waals surface area contributed by atoms with Crippen LogP contribution in [0.3, 0.4) is 0 Å². The number of carboxylic acids is 1. The quantitative estimate of drug-likeness (QED) is 0.497. The second-order valence-electron chi connectivity index (χ2n) is 9.84. The van der Waals surface area contributed by atoms with E-state index in [2.05, 4.69) is 22.8 Å². The first-order valence-electron chi connectivity index (χ1n) is 11.8. The molecule has 0 fully saturated rings. The number of fused-ring (bicyclic) bond motifs is 3. The molecule has 2 atom stereocenters. The van der Waals surface area contributed by atoms with Gasteiger partial charge in [-0.05, 0) is 34.1 Å². The zero-order chi connectivity index (χ0) is 24.9. The Balaban J connectivity index is 1.65. The third-order valence-electron chi connectivity index (χ3n) is 6.27. The number of hydrogen-bond acceptors (Lipinski definition) is 4. The fourth-order valence-corrected chi connectivity index (χ4v) is 4.36. The van der Waals surface area contributed by atoms with Gasteiger partial charge in [0.15, 0.2) is 0 Å². The zero-order valence-electron chi connectivity index (χ0n) is 20.3. The largest absolute Gasteiger partial charge is 0.481 e. The fraction of sp³-hybridized carbons (Fsp3) is 0.444. The number of alkyl carbamates (subject to hydrolysis) is 1. The lowest BCUT2D eigenvalue weighted by atomic mass is 9.84. The molecule has 2 aromatic carbocycles. The van der Waals surface area contributed by atoms with Crippen molar-refractivity contribution in [2.24, 2.45) is 5.41 Å². The van der Waals surface area contributed by atoms with E-state index < -0.39 is 35.5 Å². The van der Waals surface area contributed by atoms with Crippen LogP contribution in [-0.2, 0) is 14.3 Å². The van der Waals surface area contributed by atoms with Crippen LogP contribution in [0.2, 0.25) is 0 Å². The van der Waals surface area contributed by atoms with Crippen molar-refractivity contribution in [3.8, 4) is 11.1 Å². The molecule has 34 heavy (non-hydrogen) atoms. The Morgan fingerprint density at radius 3 is 2.03 bits per heavy atom. The summed E-state index contributed by atoms with van der Waals surface area (Å²) in [6, 6.07) is 14.8. The molecule has 1 aliphatic carbocycles. The number of carboxylic acid groups (broad SMARTS) is 1. The molecule has 182 valence electrons. The van der Waals surface area contributed by atoms with Gasteiger partial charge in [0, 0.05) is 12.0 Å². The van der Waals surface area contributed by atoms with Crippen molar-refractivity contribution < 1.29 is 24.2 Å². The van der Waals surface area contributed by atoms with Crippen molar-refractivity contribution in [2.45, 2.75) is 65.0 Å². The Labute approximate surface area is 200 Å². The van der Waals surface area contributed by atoms with Gasteiger partial charge < -0.3 is 20.5 Å². The average Bonchev–Trinajstić information content (AvgIpc) is 3.10. The maximum absolute atomic E-state index is 12.9. The molecule has 1 unspecified atom stereocenters. The predicted molar refractivity (Wildman–Crippen MR) is 131 cm³/mol. The number of aliphatic carboxylic acids is 1. The van der Waals surface area contributed by atoms with Gasteiger partial charge in [-0.3, -0.25) is 9.59 Å². The Bertz CT molecular complexity index is 998. The van der Waals surface area contributed by atoms with Gasteiger partial charge in [-0.15, -0.1) is 0 Å². The number of rotatable bonds is 9. The van der Waals surface area contributed by atoms with Crippen molar-refractivity contribution in [1.82, 2.24) is 10.6 Å². The summed E-state index contributed by atoms with van der Waals surface area (Å²) in [4.78, 5) is 36.8. The maximum Gasteiger partial charge on any atom is 0.407 e. The molecule has 7 heteroatoms. The van der Waals surface area contributed by atoms with E-state index in [1.54, 1.807) is 0 Å². The SMILES string of the molecule is CCC[C@@H](NC(=O)OCC1c2ccccc2-c2ccccc21)C(=O)NC(CC(=O)O)C(C)(C)C. The molecular weight excluding hydrogens is 432 g/mol. The Kier molecular flexibility index (Phi) is 7.97. The number of benzene rings is 2. The Morgan fingerprint density at radius 1 is 0.971 bits per heavy atom. The highest BCUT2D eigenvalue weighted by Crippen LogP contribution is 2.44. The fourth-order valence-electron chi connectivity index (χ4n) is 4.36. The van der Waals surface area contributed by atoms with Crippen LogP contribution in [0.4, 0.5) is 4.79 Å². The first-order valence-corrected chi connectivity index (χ1v) is 11.8. The molecule has 7 nitrogen and oxygen atoms in total. The second-order valence-corrected chi connectivity index (χ2v) is 9.84. The lowest BCUT2D eigenvalue weighted by Gasteiger charge is -2.32. The van der Waals surface area contributed by atoms with Crippen LogP contribution in [0.15, 0.2) is 48.5 Å². The van der Waals surface area contributed by atoms with Crippen LogP contribution < -0.4 is 10.6 Å². The van der Waals surface area contributed by atoms with Crippen molar-refractivity contribution in [3.05, 3.63) is 59.7 Å². The zero-order valence-corrected chi connectivity index (χ0v) is 20.3. The molecule has 0 aliphatic heterocycles. The molecule has 0 radical (unpaired) electrons. The Morgan fingerprint density at radius 2 is 1.53 bits per heavy atom. The monoisotopic (exact) mass is 466 g/mol. The minimum atomic E-state index is -0.989. The highest BCUT2D eigenvalue weighted by atomic mass is 16.5. The number of carbonyl (C=O) groups excluding carboxylic acids is 2. The maximum atomic E-state index is 12.9. The van der Waals surface area contributed by atoms with Gasteiger partial charge in [0.2, 0.25) is 5.91 Å². The highest BCUT2D eigenvalue weighted by Gasteiger charge is 2.32. The molecule has 3 rings (SSSR count). The van der Waals surface area contributed by atoms with Gasteiger partial charge in [0.1, 0.15) is 12.6 Å². The average molecular weight is 467 g/mol. The van der Waals surface area contributed by atoms with Gasteiger partial charge in [-0.2, -0.15) is 0 Å². The number of hydrogen-bond donors (Lipinski definition) is 3. The summed E-state index contributed by atoms with van der Waals surface area (Å²) in [5.74, 6) is -1.47. The predicted octanol–water partition coefficient (Wildman–Crippen LogP) is 4.70.